The van der Waals surface area contributed by atoms with Gasteiger partial charge >= 0.3 is 0 Å². The van der Waals surface area contributed by atoms with E-state index in [9.17, 15) is 9.90 Å². The fourth-order valence-corrected chi connectivity index (χ4v) is 3.28. The lowest BCUT2D eigenvalue weighted by atomic mass is 9.97. The number of aromatic hydroxyl groups is 1. The summed E-state index contributed by atoms with van der Waals surface area (Å²) >= 11 is 0. The predicted molar refractivity (Wildman–Crippen MR) is 115 cm³/mol. The SMILES string of the molecule is CCN(CC)c1ccc(C=CC(=O)c2ccc(O)c3c2OC(C)(C)C=C3)cc1. The first-order valence-electron chi connectivity index (χ1n) is 9.66. The topological polar surface area (TPSA) is 49.8 Å². The number of allylic oxidation sites excluding steroid dienone is 1. The maximum absolute atomic E-state index is 12.8. The Kier molecular flexibility index (Phi) is 5.59. The molecule has 1 heterocycles. The minimum absolute atomic E-state index is 0.106. The molecule has 0 radical (unpaired) electrons. The van der Waals surface area contributed by atoms with E-state index in [0.29, 0.717) is 16.9 Å². The normalized spacial score (nSPS) is 14.6. The Balaban J connectivity index is 1.83. The molecule has 0 atom stereocenters. The van der Waals surface area contributed by atoms with E-state index in [-0.39, 0.29) is 11.5 Å². The van der Waals surface area contributed by atoms with Crippen molar-refractivity contribution < 1.29 is 14.6 Å². The lowest BCUT2D eigenvalue weighted by Gasteiger charge is -2.29. The lowest BCUT2D eigenvalue weighted by molar-refractivity contribution is 0.103. The molecule has 4 heteroatoms. The highest BCUT2D eigenvalue weighted by Gasteiger charge is 2.27. The third kappa shape index (κ3) is 4.11. The van der Waals surface area contributed by atoms with Crippen LogP contribution in [0, 0.1) is 0 Å². The number of ether oxygens (including phenoxy) is 1. The molecule has 2 aromatic rings. The van der Waals surface area contributed by atoms with Crippen LogP contribution in [-0.4, -0.2) is 29.6 Å². The number of nitrogens with zero attached hydrogens (tertiary/aromatic N) is 1. The van der Waals surface area contributed by atoms with Gasteiger partial charge in [0, 0.05) is 18.8 Å². The second-order valence-corrected chi connectivity index (χ2v) is 7.38. The van der Waals surface area contributed by atoms with Crippen LogP contribution >= 0.6 is 0 Å². The second-order valence-electron chi connectivity index (χ2n) is 7.38. The highest BCUT2D eigenvalue weighted by atomic mass is 16.5. The van der Waals surface area contributed by atoms with Gasteiger partial charge in [-0.3, -0.25) is 4.79 Å². The van der Waals surface area contributed by atoms with Gasteiger partial charge in [-0.2, -0.15) is 0 Å². The van der Waals surface area contributed by atoms with Crippen molar-refractivity contribution in [1.29, 1.82) is 0 Å². The molecule has 0 fully saturated rings. The van der Waals surface area contributed by atoms with Crippen LogP contribution < -0.4 is 9.64 Å². The number of phenols is 1. The molecule has 2 aromatic carbocycles. The number of fused-ring (bicyclic) bond motifs is 1. The second kappa shape index (κ2) is 7.93. The molecule has 1 aliphatic rings. The number of carbonyl (C=O) groups is 1. The van der Waals surface area contributed by atoms with E-state index in [1.165, 1.54) is 11.8 Å². The van der Waals surface area contributed by atoms with Gasteiger partial charge in [-0.1, -0.05) is 18.2 Å². The Morgan fingerprint density at radius 1 is 1.11 bits per heavy atom. The van der Waals surface area contributed by atoms with Gasteiger partial charge in [0.1, 0.15) is 17.1 Å². The molecular weight excluding hydrogens is 350 g/mol. The molecule has 1 N–H and O–H groups in total. The van der Waals surface area contributed by atoms with Gasteiger partial charge in [0.05, 0.1) is 11.1 Å². The van der Waals surface area contributed by atoms with Crippen LogP contribution in [0.25, 0.3) is 12.2 Å². The Bertz CT molecular complexity index is 920. The van der Waals surface area contributed by atoms with E-state index < -0.39 is 5.60 Å². The average Bonchev–Trinajstić information content (AvgIpc) is 2.67. The average molecular weight is 377 g/mol. The van der Waals surface area contributed by atoms with Crippen LogP contribution in [0.15, 0.2) is 48.6 Å². The number of anilines is 1. The smallest absolute Gasteiger partial charge is 0.189 e. The molecule has 0 aromatic heterocycles. The summed E-state index contributed by atoms with van der Waals surface area (Å²) in [6, 6.07) is 11.3. The Labute approximate surface area is 166 Å². The van der Waals surface area contributed by atoms with E-state index in [4.69, 9.17) is 4.74 Å². The van der Waals surface area contributed by atoms with Gasteiger partial charge in [-0.05, 0) is 75.8 Å². The summed E-state index contributed by atoms with van der Waals surface area (Å²) < 4.78 is 5.96. The van der Waals surface area contributed by atoms with Gasteiger partial charge in [0.25, 0.3) is 0 Å². The maximum atomic E-state index is 12.8. The summed E-state index contributed by atoms with van der Waals surface area (Å²) in [6.07, 6.45) is 7.03. The van der Waals surface area contributed by atoms with Crippen molar-refractivity contribution in [2.75, 3.05) is 18.0 Å². The van der Waals surface area contributed by atoms with Gasteiger partial charge in [0.15, 0.2) is 5.78 Å². The number of benzene rings is 2. The number of ketones is 1. The molecule has 0 spiro atoms. The molecule has 146 valence electrons. The number of hydrogen-bond acceptors (Lipinski definition) is 4. The Morgan fingerprint density at radius 3 is 2.43 bits per heavy atom. The van der Waals surface area contributed by atoms with Crippen molar-refractivity contribution in [3.05, 3.63) is 65.2 Å². The molecule has 4 nitrogen and oxygen atoms in total. The van der Waals surface area contributed by atoms with Crippen molar-refractivity contribution in [2.24, 2.45) is 0 Å². The van der Waals surface area contributed by atoms with E-state index in [1.54, 1.807) is 24.3 Å². The third-order valence-electron chi connectivity index (χ3n) is 4.90. The summed E-state index contributed by atoms with van der Waals surface area (Å²) in [6.45, 7) is 10.0. The summed E-state index contributed by atoms with van der Waals surface area (Å²) in [4.78, 5) is 15.1. The maximum Gasteiger partial charge on any atom is 0.189 e. The molecule has 3 rings (SSSR count). The Hall–Kier alpha value is -3.01. The van der Waals surface area contributed by atoms with Crippen LogP contribution in [0.5, 0.6) is 11.5 Å². The standard InChI is InChI=1S/C24H27NO3/c1-5-25(6-2)18-10-7-17(8-11-18)9-13-21(26)19-12-14-22(27)20-15-16-24(3,4)28-23(19)20/h7-16,27H,5-6H2,1-4H3. The van der Waals surface area contributed by atoms with Crippen molar-refractivity contribution in [2.45, 2.75) is 33.3 Å². The predicted octanol–water partition coefficient (Wildman–Crippen LogP) is 5.32. The van der Waals surface area contributed by atoms with Crippen molar-refractivity contribution in [3.8, 4) is 11.5 Å². The quantitative estimate of drug-likeness (QED) is 0.547. The molecule has 0 unspecified atom stereocenters. The number of phenolic OH excluding ortho intramolecular Hbond substituents is 1. The molecule has 1 aliphatic heterocycles. The zero-order valence-corrected chi connectivity index (χ0v) is 16.9. The molecule has 0 bridgehead atoms. The van der Waals surface area contributed by atoms with Crippen molar-refractivity contribution in [1.82, 2.24) is 0 Å². The largest absolute Gasteiger partial charge is 0.507 e. The fourth-order valence-electron chi connectivity index (χ4n) is 3.28. The van der Waals surface area contributed by atoms with Crippen LogP contribution in [-0.2, 0) is 0 Å². The Morgan fingerprint density at radius 2 is 1.79 bits per heavy atom. The zero-order valence-electron chi connectivity index (χ0n) is 16.9. The van der Waals surface area contributed by atoms with E-state index in [0.717, 1.165) is 18.7 Å². The number of carbonyl (C=O) groups excluding carboxylic acids is 1. The van der Waals surface area contributed by atoms with E-state index >= 15 is 0 Å². The van der Waals surface area contributed by atoms with Crippen LogP contribution in [0.4, 0.5) is 5.69 Å². The summed E-state index contributed by atoms with van der Waals surface area (Å²) in [5.74, 6) is 0.378. The zero-order chi connectivity index (χ0) is 20.3. The molecule has 28 heavy (non-hydrogen) atoms. The minimum Gasteiger partial charge on any atom is -0.507 e. The fraction of sp³-hybridized carbons (Fsp3) is 0.292. The van der Waals surface area contributed by atoms with Crippen LogP contribution in [0.3, 0.4) is 0 Å². The molecule has 0 saturated carbocycles. The number of rotatable bonds is 6. The van der Waals surface area contributed by atoms with E-state index in [2.05, 4.69) is 30.9 Å². The molecular formula is C24H27NO3. The molecule has 0 saturated heterocycles. The molecule has 0 aliphatic carbocycles. The highest BCUT2D eigenvalue weighted by molar-refractivity contribution is 6.09. The highest BCUT2D eigenvalue weighted by Crippen LogP contribution is 2.39. The van der Waals surface area contributed by atoms with Gasteiger partial charge in [-0.25, -0.2) is 0 Å². The van der Waals surface area contributed by atoms with E-state index in [1.807, 2.05) is 32.1 Å². The monoisotopic (exact) mass is 377 g/mol. The van der Waals surface area contributed by atoms with Crippen molar-refractivity contribution in [3.63, 3.8) is 0 Å². The summed E-state index contributed by atoms with van der Waals surface area (Å²) in [5.41, 5.74) is 2.59. The minimum atomic E-state index is -0.528. The van der Waals surface area contributed by atoms with Gasteiger partial charge in [-0.15, -0.1) is 0 Å². The lowest BCUT2D eigenvalue weighted by Crippen LogP contribution is -2.28. The van der Waals surface area contributed by atoms with Gasteiger partial charge < -0.3 is 14.7 Å². The van der Waals surface area contributed by atoms with Crippen LogP contribution in [0.2, 0.25) is 0 Å². The first-order chi connectivity index (χ1) is 13.3. The summed E-state index contributed by atoms with van der Waals surface area (Å²) in [7, 11) is 0. The van der Waals surface area contributed by atoms with Crippen molar-refractivity contribution >= 4 is 23.6 Å². The van der Waals surface area contributed by atoms with Gasteiger partial charge in [0.2, 0.25) is 0 Å². The first-order valence-corrected chi connectivity index (χ1v) is 9.66. The summed E-state index contributed by atoms with van der Waals surface area (Å²) in [5, 5.41) is 10.1. The first kappa shape index (κ1) is 19.7. The number of hydrogen-bond donors (Lipinski definition) is 1. The molecule has 0 amide bonds. The third-order valence-corrected chi connectivity index (χ3v) is 4.90. The van der Waals surface area contributed by atoms with Crippen LogP contribution in [0.1, 0.15) is 49.2 Å².